The van der Waals surface area contributed by atoms with Crippen LogP contribution in [0.1, 0.15) is 31.2 Å². The van der Waals surface area contributed by atoms with Crippen LogP contribution in [0.4, 0.5) is 5.82 Å². The highest BCUT2D eigenvalue weighted by molar-refractivity contribution is 6.08. The number of piperidine rings is 1. The number of anilines is 1. The third-order valence-corrected chi connectivity index (χ3v) is 5.43. The normalized spacial score (nSPS) is 24.6. The topological polar surface area (TPSA) is 120 Å². The maximum atomic E-state index is 10.3. The fourth-order valence-corrected chi connectivity index (χ4v) is 4.09. The number of nitrogens with two attached hydrogens (primary N) is 1. The third-order valence-electron chi connectivity index (χ3n) is 5.43. The van der Waals surface area contributed by atoms with Crippen molar-refractivity contribution < 1.29 is 5.11 Å². The van der Waals surface area contributed by atoms with Crippen LogP contribution in [0.2, 0.25) is 0 Å². The van der Waals surface area contributed by atoms with Gasteiger partial charge in [-0.25, -0.2) is 0 Å². The Morgan fingerprint density at radius 3 is 2.56 bits per heavy atom. The van der Waals surface area contributed by atoms with E-state index >= 15 is 0 Å². The van der Waals surface area contributed by atoms with Crippen molar-refractivity contribution in [2.24, 2.45) is 5.73 Å². The first kappa shape index (κ1) is 17.5. The molecule has 2 aliphatic rings. The maximum Gasteiger partial charge on any atom is 0.148 e. The zero-order valence-corrected chi connectivity index (χ0v) is 15.0. The number of allylic oxidation sites excluding steroid dienone is 1. The van der Waals surface area contributed by atoms with E-state index in [1.807, 2.05) is 12.1 Å². The molecule has 1 unspecified atom stereocenters. The lowest BCUT2D eigenvalue weighted by molar-refractivity contribution is 0.377. The number of hydrogen-bond acceptors (Lipinski definition) is 7. The minimum absolute atomic E-state index is 0.0821. The number of phenolic OH excluding ortho intramolecular Hbond substituents is 1. The number of aromatic hydroxyl groups is 1. The van der Waals surface area contributed by atoms with E-state index in [9.17, 15) is 5.11 Å². The molecule has 0 saturated carbocycles. The number of fused-ring (bicyclic) bond motifs is 2. The van der Waals surface area contributed by atoms with Crippen molar-refractivity contribution in [2.45, 2.75) is 43.8 Å². The van der Waals surface area contributed by atoms with Gasteiger partial charge in [-0.05, 0) is 55.5 Å². The smallest absolute Gasteiger partial charge is 0.148 e. The SMILES string of the molecule is N=CC(=CN)c1ccc(-c2ccc(NC3C[C@H]4CC[C@@H](C3)N4)nn2)c(O)c1. The van der Waals surface area contributed by atoms with Crippen molar-refractivity contribution in [2.75, 3.05) is 5.32 Å². The average Bonchev–Trinajstić information content (AvgIpc) is 3.02. The summed E-state index contributed by atoms with van der Waals surface area (Å²) in [6.07, 6.45) is 7.26. The summed E-state index contributed by atoms with van der Waals surface area (Å²) in [6, 6.07) is 10.6. The standard InChI is InChI=1S/C20H24N6O/c21-10-13(11-22)12-1-4-17(19(27)7-12)18-5-6-20(26-25-18)24-16-8-14-2-3-15(9-16)23-14/h1,4-7,10-11,14-16,21,23,27H,2-3,8-9,22H2,(H,24,26)/t14-,15+,16?. The molecule has 2 bridgehead atoms. The third kappa shape index (κ3) is 3.64. The van der Waals surface area contributed by atoms with Gasteiger partial charge in [-0.1, -0.05) is 6.07 Å². The molecule has 4 rings (SSSR count). The summed E-state index contributed by atoms with van der Waals surface area (Å²) >= 11 is 0. The van der Waals surface area contributed by atoms with E-state index < -0.39 is 0 Å². The quantitative estimate of drug-likeness (QED) is 0.520. The summed E-state index contributed by atoms with van der Waals surface area (Å²) in [5, 5.41) is 33.4. The lowest BCUT2D eigenvalue weighted by atomic mass is 10.00. The Labute approximate surface area is 158 Å². The lowest BCUT2D eigenvalue weighted by Crippen LogP contribution is -2.43. The summed E-state index contributed by atoms with van der Waals surface area (Å²) in [7, 11) is 0. The monoisotopic (exact) mass is 364 g/mol. The predicted molar refractivity (Wildman–Crippen MR) is 107 cm³/mol. The molecule has 0 spiro atoms. The Bertz CT molecular complexity index is 851. The first-order chi connectivity index (χ1) is 13.2. The lowest BCUT2D eigenvalue weighted by Gasteiger charge is -2.29. The molecular weight excluding hydrogens is 340 g/mol. The zero-order chi connectivity index (χ0) is 18.8. The fourth-order valence-electron chi connectivity index (χ4n) is 4.09. The van der Waals surface area contributed by atoms with Gasteiger partial charge in [0.15, 0.2) is 0 Å². The van der Waals surface area contributed by atoms with Crippen LogP contribution < -0.4 is 16.4 Å². The van der Waals surface area contributed by atoms with Crippen molar-refractivity contribution in [1.82, 2.24) is 15.5 Å². The van der Waals surface area contributed by atoms with Crippen LogP contribution in [0.25, 0.3) is 16.8 Å². The van der Waals surface area contributed by atoms with Crippen LogP contribution >= 0.6 is 0 Å². The highest BCUT2D eigenvalue weighted by Crippen LogP contribution is 2.31. The largest absolute Gasteiger partial charge is 0.507 e. The van der Waals surface area contributed by atoms with E-state index in [0.29, 0.717) is 40.5 Å². The van der Waals surface area contributed by atoms with E-state index in [0.717, 1.165) is 24.9 Å². The Balaban J connectivity index is 1.48. The van der Waals surface area contributed by atoms with Gasteiger partial charge in [0.25, 0.3) is 0 Å². The van der Waals surface area contributed by atoms with Crippen LogP contribution in [0, 0.1) is 5.41 Å². The molecule has 0 radical (unpaired) electrons. The molecule has 0 amide bonds. The van der Waals surface area contributed by atoms with Gasteiger partial charge < -0.3 is 26.9 Å². The minimum Gasteiger partial charge on any atom is -0.507 e. The molecule has 2 aliphatic heterocycles. The first-order valence-corrected chi connectivity index (χ1v) is 9.28. The van der Waals surface area contributed by atoms with E-state index in [-0.39, 0.29) is 5.75 Å². The van der Waals surface area contributed by atoms with Crippen LogP contribution in [0.5, 0.6) is 5.75 Å². The molecule has 1 aromatic heterocycles. The highest BCUT2D eigenvalue weighted by Gasteiger charge is 2.33. The number of nitrogens with one attached hydrogen (secondary N) is 3. The predicted octanol–water partition coefficient (Wildman–Crippen LogP) is 2.49. The van der Waals surface area contributed by atoms with Gasteiger partial charge in [0.05, 0.1) is 5.69 Å². The van der Waals surface area contributed by atoms with E-state index in [2.05, 4.69) is 20.8 Å². The summed E-state index contributed by atoms with van der Waals surface area (Å²) in [6.45, 7) is 0. The van der Waals surface area contributed by atoms with Crippen molar-refractivity contribution in [3.63, 3.8) is 0 Å². The number of hydrogen-bond donors (Lipinski definition) is 5. The van der Waals surface area contributed by atoms with Crippen molar-refractivity contribution in [3.05, 3.63) is 42.1 Å². The Morgan fingerprint density at radius 2 is 1.96 bits per heavy atom. The van der Waals surface area contributed by atoms with Gasteiger partial charge in [0, 0.05) is 41.7 Å². The summed E-state index contributed by atoms with van der Waals surface area (Å²) < 4.78 is 0. The Hall–Kier alpha value is -2.93. The van der Waals surface area contributed by atoms with E-state index in [1.165, 1.54) is 19.0 Å². The van der Waals surface area contributed by atoms with Crippen molar-refractivity contribution in [1.29, 1.82) is 5.41 Å². The molecule has 2 saturated heterocycles. The molecular formula is C20H24N6O. The number of aromatic nitrogens is 2. The van der Waals surface area contributed by atoms with Crippen LogP contribution in [0.15, 0.2) is 36.5 Å². The summed E-state index contributed by atoms with van der Waals surface area (Å²) in [5.74, 6) is 0.844. The van der Waals surface area contributed by atoms with Crippen molar-refractivity contribution in [3.8, 4) is 17.0 Å². The summed E-state index contributed by atoms with van der Waals surface area (Å²) in [5.41, 5.74) is 7.92. The molecule has 2 aromatic rings. The van der Waals surface area contributed by atoms with Gasteiger partial charge >= 0.3 is 0 Å². The average molecular weight is 364 g/mol. The second-order valence-electron chi connectivity index (χ2n) is 7.25. The molecule has 3 heterocycles. The van der Waals surface area contributed by atoms with Crippen LogP contribution in [-0.4, -0.2) is 39.6 Å². The van der Waals surface area contributed by atoms with Gasteiger partial charge in [-0.15, -0.1) is 10.2 Å². The van der Waals surface area contributed by atoms with Gasteiger partial charge in [0.2, 0.25) is 0 Å². The molecule has 2 fully saturated rings. The van der Waals surface area contributed by atoms with E-state index in [4.69, 9.17) is 11.1 Å². The first-order valence-electron chi connectivity index (χ1n) is 9.28. The molecule has 1 aromatic carbocycles. The van der Waals surface area contributed by atoms with Gasteiger partial charge in [-0.2, -0.15) is 0 Å². The highest BCUT2D eigenvalue weighted by atomic mass is 16.3. The molecule has 27 heavy (non-hydrogen) atoms. The number of nitrogens with zero attached hydrogens (tertiary/aromatic N) is 2. The minimum atomic E-state index is 0.0821. The number of phenols is 1. The van der Waals surface area contributed by atoms with E-state index in [1.54, 1.807) is 18.2 Å². The molecule has 7 nitrogen and oxygen atoms in total. The van der Waals surface area contributed by atoms with Crippen LogP contribution in [0.3, 0.4) is 0 Å². The molecule has 0 aliphatic carbocycles. The number of rotatable bonds is 5. The molecule has 6 N–H and O–H groups in total. The van der Waals surface area contributed by atoms with Crippen molar-refractivity contribution >= 4 is 17.6 Å². The summed E-state index contributed by atoms with van der Waals surface area (Å²) in [4.78, 5) is 0. The fraction of sp³-hybridized carbons (Fsp3) is 0.350. The molecule has 7 heteroatoms. The molecule has 140 valence electrons. The second-order valence-corrected chi connectivity index (χ2v) is 7.25. The Morgan fingerprint density at radius 1 is 1.19 bits per heavy atom. The zero-order valence-electron chi connectivity index (χ0n) is 15.0. The molecule has 3 atom stereocenters. The van der Waals surface area contributed by atoms with Gasteiger partial charge in [0.1, 0.15) is 11.6 Å². The van der Waals surface area contributed by atoms with Gasteiger partial charge in [-0.3, -0.25) is 0 Å². The number of benzene rings is 1. The maximum absolute atomic E-state index is 10.3. The second kappa shape index (κ2) is 7.36. The van der Waals surface area contributed by atoms with Crippen LogP contribution in [-0.2, 0) is 0 Å². The Kier molecular flexibility index (Phi) is 4.77.